The molecule has 0 radical (unpaired) electrons. The fraction of sp³-hybridized carbons (Fsp3) is 0.667. The lowest BCUT2D eigenvalue weighted by molar-refractivity contribution is 0.282. The SMILES string of the molecule is OCCCCCCc1nccs1. The molecule has 12 heavy (non-hydrogen) atoms. The van der Waals surface area contributed by atoms with E-state index >= 15 is 0 Å². The average molecular weight is 185 g/mol. The van der Waals surface area contributed by atoms with E-state index in [0.717, 1.165) is 19.3 Å². The zero-order valence-corrected chi connectivity index (χ0v) is 8.02. The molecule has 1 aromatic rings. The van der Waals surface area contributed by atoms with Gasteiger partial charge in [0.2, 0.25) is 0 Å². The van der Waals surface area contributed by atoms with Crippen molar-refractivity contribution in [3.8, 4) is 0 Å². The highest BCUT2D eigenvalue weighted by Gasteiger charge is 1.94. The molecule has 0 bridgehead atoms. The number of thiazole rings is 1. The van der Waals surface area contributed by atoms with Gasteiger partial charge in [0.1, 0.15) is 0 Å². The summed E-state index contributed by atoms with van der Waals surface area (Å²) in [7, 11) is 0. The second kappa shape index (κ2) is 6.14. The molecule has 1 N–H and O–H groups in total. The van der Waals surface area contributed by atoms with Crippen LogP contribution >= 0.6 is 11.3 Å². The van der Waals surface area contributed by atoms with Crippen LogP contribution in [0.3, 0.4) is 0 Å². The van der Waals surface area contributed by atoms with Crippen LogP contribution in [0.1, 0.15) is 30.7 Å². The Kier molecular flexibility index (Phi) is 4.95. The highest BCUT2D eigenvalue weighted by atomic mass is 32.1. The number of aryl methyl sites for hydroxylation is 1. The minimum absolute atomic E-state index is 0.331. The fourth-order valence-electron chi connectivity index (χ4n) is 1.12. The summed E-state index contributed by atoms with van der Waals surface area (Å²) >= 11 is 1.73. The maximum atomic E-state index is 8.54. The molecule has 0 aliphatic rings. The van der Waals surface area contributed by atoms with E-state index in [9.17, 15) is 0 Å². The standard InChI is InChI=1S/C9H15NOS/c11-7-4-2-1-3-5-9-10-6-8-12-9/h6,8,11H,1-5,7H2. The molecular weight excluding hydrogens is 170 g/mol. The summed E-state index contributed by atoms with van der Waals surface area (Å²) in [5, 5.41) is 11.8. The topological polar surface area (TPSA) is 33.1 Å². The number of aliphatic hydroxyl groups excluding tert-OH is 1. The zero-order chi connectivity index (χ0) is 8.65. The monoisotopic (exact) mass is 185 g/mol. The summed E-state index contributed by atoms with van der Waals surface area (Å²) in [6, 6.07) is 0. The molecular formula is C9H15NOS. The van der Waals surface area contributed by atoms with Crippen LogP contribution in [0, 0.1) is 0 Å². The van der Waals surface area contributed by atoms with Gasteiger partial charge in [-0.3, -0.25) is 0 Å². The largest absolute Gasteiger partial charge is 0.396 e. The molecule has 0 unspecified atom stereocenters. The van der Waals surface area contributed by atoms with Gasteiger partial charge < -0.3 is 5.11 Å². The Bertz CT molecular complexity index is 186. The Morgan fingerprint density at radius 2 is 2.08 bits per heavy atom. The molecule has 1 rings (SSSR count). The molecule has 0 spiro atoms. The summed E-state index contributed by atoms with van der Waals surface area (Å²) in [5.74, 6) is 0. The van der Waals surface area contributed by atoms with E-state index in [1.165, 1.54) is 17.8 Å². The number of aliphatic hydroxyl groups is 1. The Hall–Kier alpha value is -0.410. The zero-order valence-electron chi connectivity index (χ0n) is 7.20. The first-order valence-corrected chi connectivity index (χ1v) is 5.30. The van der Waals surface area contributed by atoms with E-state index in [0.29, 0.717) is 6.61 Å². The number of unbranched alkanes of at least 4 members (excludes halogenated alkanes) is 3. The molecule has 68 valence electrons. The van der Waals surface area contributed by atoms with Gasteiger partial charge in [0.05, 0.1) is 5.01 Å². The maximum Gasteiger partial charge on any atom is 0.0924 e. The Balaban J connectivity index is 1.96. The quantitative estimate of drug-likeness (QED) is 0.689. The van der Waals surface area contributed by atoms with Crippen LogP contribution in [0.15, 0.2) is 11.6 Å². The first-order valence-electron chi connectivity index (χ1n) is 4.42. The molecule has 0 fully saturated rings. The van der Waals surface area contributed by atoms with E-state index in [2.05, 4.69) is 4.98 Å². The van der Waals surface area contributed by atoms with E-state index < -0.39 is 0 Å². The first-order chi connectivity index (χ1) is 5.93. The smallest absolute Gasteiger partial charge is 0.0924 e. The van der Waals surface area contributed by atoms with Crippen molar-refractivity contribution in [2.45, 2.75) is 32.1 Å². The van der Waals surface area contributed by atoms with Crippen LogP contribution in [0.4, 0.5) is 0 Å². The van der Waals surface area contributed by atoms with Crippen molar-refractivity contribution in [3.05, 3.63) is 16.6 Å². The molecule has 0 atom stereocenters. The predicted octanol–water partition coefficient (Wildman–Crippen LogP) is 2.24. The van der Waals surface area contributed by atoms with Crippen LogP contribution in [0.5, 0.6) is 0 Å². The van der Waals surface area contributed by atoms with Crippen LogP contribution in [0.2, 0.25) is 0 Å². The van der Waals surface area contributed by atoms with Gasteiger partial charge in [0.15, 0.2) is 0 Å². The van der Waals surface area contributed by atoms with E-state index in [4.69, 9.17) is 5.11 Å². The molecule has 1 heterocycles. The van der Waals surface area contributed by atoms with E-state index in [1.807, 2.05) is 11.6 Å². The first kappa shape index (κ1) is 9.68. The second-order valence-corrected chi connectivity index (χ2v) is 3.79. The van der Waals surface area contributed by atoms with Crippen LogP contribution in [-0.2, 0) is 6.42 Å². The van der Waals surface area contributed by atoms with Crippen molar-refractivity contribution in [3.63, 3.8) is 0 Å². The molecule has 0 saturated carbocycles. The molecule has 3 heteroatoms. The van der Waals surface area contributed by atoms with E-state index in [-0.39, 0.29) is 0 Å². The molecule has 0 aromatic carbocycles. The Morgan fingerprint density at radius 1 is 1.25 bits per heavy atom. The van der Waals surface area contributed by atoms with Gasteiger partial charge in [-0.2, -0.15) is 0 Å². The van der Waals surface area contributed by atoms with Gasteiger partial charge in [-0.05, 0) is 19.3 Å². The summed E-state index contributed by atoms with van der Waals surface area (Å²) in [6.07, 6.45) is 7.45. The van der Waals surface area contributed by atoms with E-state index in [1.54, 1.807) is 11.3 Å². The molecule has 1 aromatic heterocycles. The lowest BCUT2D eigenvalue weighted by atomic mass is 10.1. The highest BCUT2D eigenvalue weighted by Crippen LogP contribution is 2.09. The van der Waals surface area contributed by atoms with Gasteiger partial charge in [0, 0.05) is 18.2 Å². The number of nitrogens with zero attached hydrogens (tertiary/aromatic N) is 1. The Morgan fingerprint density at radius 3 is 2.75 bits per heavy atom. The molecule has 0 aliphatic carbocycles. The Labute approximate surface area is 77.3 Å². The fourth-order valence-corrected chi connectivity index (χ4v) is 1.78. The lowest BCUT2D eigenvalue weighted by Gasteiger charge is -1.96. The normalized spacial score (nSPS) is 10.4. The predicted molar refractivity (Wildman–Crippen MR) is 51.4 cm³/mol. The second-order valence-electron chi connectivity index (χ2n) is 2.81. The van der Waals surface area contributed by atoms with Crippen molar-refractivity contribution < 1.29 is 5.11 Å². The van der Waals surface area contributed by atoms with Crippen molar-refractivity contribution >= 4 is 11.3 Å². The van der Waals surface area contributed by atoms with Crippen LogP contribution < -0.4 is 0 Å². The third kappa shape index (κ3) is 3.83. The number of aromatic nitrogens is 1. The van der Waals surface area contributed by atoms with Crippen molar-refractivity contribution in [1.29, 1.82) is 0 Å². The third-order valence-corrected chi connectivity index (χ3v) is 2.62. The summed E-state index contributed by atoms with van der Waals surface area (Å²) in [5.41, 5.74) is 0. The van der Waals surface area contributed by atoms with Gasteiger partial charge >= 0.3 is 0 Å². The summed E-state index contributed by atoms with van der Waals surface area (Å²) in [4.78, 5) is 4.20. The molecule has 0 amide bonds. The van der Waals surface area contributed by atoms with Gasteiger partial charge in [-0.1, -0.05) is 12.8 Å². The van der Waals surface area contributed by atoms with Crippen molar-refractivity contribution in [2.24, 2.45) is 0 Å². The highest BCUT2D eigenvalue weighted by molar-refractivity contribution is 7.09. The molecule has 0 saturated heterocycles. The third-order valence-electron chi connectivity index (χ3n) is 1.78. The molecule has 2 nitrogen and oxygen atoms in total. The van der Waals surface area contributed by atoms with Crippen LogP contribution in [0.25, 0.3) is 0 Å². The summed E-state index contributed by atoms with van der Waals surface area (Å²) in [6.45, 7) is 0.331. The number of rotatable bonds is 6. The summed E-state index contributed by atoms with van der Waals surface area (Å²) < 4.78 is 0. The van der Waals surface area contributed by atoms with Crippen LogP contribution in [-0.4, -0.2) is 16.7 Å². The average Bonchev–Trinajstić information content (AvgIpc) is 2.57. The number of hydrogen-bond donors (Lipinski definition) is 1. The molecule has 0 aliphatic heterocycles. The van der Waals surface area contributed by atoms with Gasteiger partial charge in [-0.25, -0.2) is 4.98 Å². The van der Waals surface area contributed by atoms with Crippen molar-refractivity contribution in [2.75, 3.05) is 6.61 Å². The lowest BCUT2D eigenvalue weighted by Crippen LogP contribution is -1.86. The maximum absolute atomic E-state index is 8.54. The van der Waals surface area contributed by atoms with Gasteiger partial charge in [0.25, 0.3) is 0 Å². The minimum Gasteiger partial charge on any atom is -0.396 e. The van der Waals surface area contributed by atoms with Gasteiger partial charge in [-0.15, -0.1) is 11.3 Å². The number of hydrogen-bond acceptors (Lipinski definition) is 3. The van der Waals surface area contributed by atoms with Crippen molar-refractivity contribution in [1.82, 2.24) is 4.98 Å². The minimum atomic E-state index is 0.331.